The molecule has 4 aromatic rings. The van der Waals surface area contributed by atoms with E-state index in [1.807, 2.05) is 0 Å². The molecule has 0 aromatic heterocycles. The molecule has 2 atom stereocenters. The fourth-order valence-corrected chi connectivity index (χ4v) is 29.5. The second kappa shape index (κ2) is 13.3. The van der Waals surface area contributed by atoms with E-state index in [4.69, 9.17) is 0 Å². The summed E-state index contributed by atoms with van der Waals surface area (Å²) in [5, 5.41) is 0. The minimum atomic E-state index is -3.65. The molecule has 2 aliphatic carbocycles. The molecule has 236 valence electrons. The normalized spacial score (nSPS) is 17.1. The Morgan fingerprint density at radius 3 is 1.40 bits per heavy atom. The van der Waals surface area contributed by atoms with Crippen molar-refractivity contribution in [1.29, 1.82) is 0 Å². The maximum absolute atomic E-state index is 3.65. The predicted octanol–water partition coefficient (Wildman–Crippen LogP) is 11.9. The molecule has 0 aliphatic heterocycles. The Hall–Kier alpha value is -1.96. The third-order valence-corrected chi connectivity index (χ3v) is 28.4. The van der Waals surface area contributed by atoms with Crippen LogP contribution in [-0.2, 0) is 30.2 Å². The molecule has 6 rings (SSSR count). The van der Waals surface area contributed by atoms with Gasteiger partial charge in [0.2, 0.25) is 0 Å². The summed E-state index contributed by atoms with van der Waals surface area (Å²) in [4.78, 5) is 0. The number of rotatable bonds is 7. The zero-order chi connectivity index (χ0) is 30.7. The average molecular weight is 733 g/mol. The van der Waals surface area contributed by atoms with Crippen molar-refractivity contribution in [1.82, 2.24) is 0 Å². The molecule has 4 aromatic carbocycles. The molecule has 0 radical (unpaired) electrons. The Morgan fingerprint density at radius 2 is 0.978 bits per heavy atom. The van der Waals surface area contributed by atoms with E-state index in [-0.39, 0.29) is 24.8 Å². The van der Waals surface area contributed by atoms with Gasteiger partial charge in [0.1, 0.15) is 0 Å². The van der Waals surface area contributed by atoms with Crippen molar-refractivity contribution in [3.63, 3.8) is 0 Å². The van der Waals surface area contributed by atoms with E-state index in [9.17, 15) is 0 Å². The maximum Gasteiger partial charge on any atom is -0.147 e. The first kappa shape index (κ1) is 35.9. The van der Waals surface area contributed by atoms with Gasteiger partial charge in [-0.2, -0.15) is 0 Å². The smallest absolute Gasteiger partial charge is 0.147 e. The summed E-state index contributed by atoms with van der Waals surface area (Å²) >= 11 is -3.65. The Labute approximate surface area is 287 Å². The molecule has 0 heterocycles. The molecule has 4 heteroatoms. The van der Waals surface area contributed by atoms with Gasteiger partial charge in [-0.25, -0.2) is 0 Å². The van der Waals surface area contributed by atoms with Gasteiger partial charge in [0.05, 0.1) is 0 Å². The number of halogens is 2. The molecule has 0 spiro atoms. The minimum absolute atomic E-state index is 0. The van der Waals surface area contributed by atoms with Crippen LogP contribution in [0.4, 0.5) is 0 Å². The first-order chi connectivity index (χ1) is 20.5. The van der Waals surface area contributed by atoms with Crippen LogP contribution in [0.15, 0.2) is 83.9 Å². The number of aryl methyl sites for hydroxylation is 4. The average Bonchev–Trinajstić information content (AvgIpc) is 3.58. The number of fused-ring (bicyclic) bond motifs is 2. The van der Waals surface area contributed by atoms with Crippen LogP contribution < -0.4 is 0 Å². The number of benzene rings is 4. The summed E-state index contributed by atoms with van der Waals surface area (Å²) in [6.45, 7) is 16.5. The minimum Gasteiger partial charge on any atom is -0.147 e. The van der Waals surface area contributed by atoms with Gasteiger partial charge in [0, 0.05) is 0 Å². The van der Waals surface area contributed by atoms with E-state index in [2.05, 4.69) is 143 Å². The zero-order valence-corrected chi connectivity index (χ0v) is 33.9. The maximum atomic E-state index is 2.78. The van der Waals surface area contributed by atoms with Gasteiger partial charge in [-0.1, -0.05) is 0 Å². The van der Waals surface area contributed by atoms with Gasteiger partial charge in [0.15, 0.2) is 0 Å². The number of allylic oxidation sites excluding steroid dienone is 2. The Kier molecular flexibility index (Phi) is 10.6. The first-order valence-electron chi connectivity index (χ1n) is 16.4. The van der Waals surface area contributed by atoms with Crippen LogP contribution in [0.25, 0.3) is 34.4 Å². The molecule has 2 aliphatic rings. The summed E-state index contributed by atoms with van der Waals surface area (Å²) in [5.74, 6) is 0. The molecule has 0 saturated carbocycles. The van der Waals surface area contributed by atoms with Crippen LogP contribution in [0.2, 0.25) is 9.26 Å². The summed E-state index contributed by atoms with van der Waals surface area (Å²) in [6.07, 6.45) is 8.44. The fraction of sp³-hybridized carbons (Fsp3) is 0.317. The van der Waals surface area contributed by atoms with Gasteiger partial charge < -0.3 is 0 Å². The van der Waals surface area contributed by atoms with E-state index in [0.29, 0.717) is 7.25 Å². The van der Waals surface area contributed by atoms with E-state index >= 15 is 0 Å². The predicted molar refractivity (Wildman–Crippen MR) is 204 cm³/mol. The number of hydrogen-bond acceptors (Lipinski definition) is 0. The molecule has 0 N–H and O–H groups in total. The quantitative estimate of drug-likeness (QED) is 0.166. The molecule has 45 heavy (non-hydrogen) atoms. The fourth-order valence-electron chi connectivity index (χ4n) is 8.68. The third kappa shape index (κ3) is 5.99. The van der Waals surface area contributed by atoms with Crippen molar-refractivity contribution in [2.75, 3.05) is 0 Å². The van der Waals surface area contributed by atoms with Gasteiger partial charge >= 0.3 is 264 Å². The second-order valence-electron chi connectivity index (χ2n) is 14.4. The Balaban J connectivity index is 0.00000230. The van der Waals surface area contributed by atoms with Gasteiger partial charge in [-0.05, 0) is 0 Å². The number of hydrogen-bond donors (Lipinski definition) is 0. The molecule has 0 saturated heterocycles. The zero-order valence-electron chi connectivity index (χ0n) is 28.4. The van der Waals surface area contributed by atoms with Crippen LogP contribution in [0, 0.1) is 13.8 Å². The molecular formula is C41H50Cl2SiZr. The van der Waals surface area contributed by atoms with Crippen LogP contribution in [-0.4, -0.2) is 6.88 Å². The molecule has 2 unspecified atom stereocenters. The van der Waals surface area contributed by atoms with Crippen molar-refractivity contribution in [2.45, 2.75) is 77.3 Å². The molecule has 0 amide bonds. The van der Waals surface area contributed by atoms with E-state index in [1.165, 1.54) is 55.6 Å². The monoisotopic (exact) mass is 730 g/mol. The molecular weight excluding hydrogens is 683 g/mol. The summed E-state index contributed by atoms with van der Waals surface area (Å²) in [6, 6.07) is 28.1. The van der Waals surface area contributed by atoms with Crippen molar-refractivity contribution in [3.05, 3.63) is 128 Å². The molecule has 0 nitrogen and oxygen atoms in total. The van der Waals surface area contributed by atoms with Crippen molar-refractivity contribution < 1.29 is 17.4 Å². The van der Waals surface area contributed by atoms with Crippen molar-refractivity contribution >= 4 is 43.8 Å². The van der Waals surface area contributed by atoms with Crippen LogP contribution in [0.3, 0.4) is 0 Å². The van der Waals surface area contributed by atoms with Gasteiger partial charge in [0.25, 0.3) is 0 Å². The standard InChI is InChI=1S/C20H21.C19H19.2CH3.2ClH.H2Si.Zr/c1-4-15-7-9-17(10-8-15)18-11-6-14(3)19-12-16(5-2)13-20(18)19;1-4-15-6-8-16(9-7-15)17-10-5-14(3)18-11-13(2)12-19(17)18;;;;;;/h6-13H,4-5H2,1-3H3;5-12H,4H2,1-3H3;2*1H3;2*1H;1H2;. The van der Waals surface area contributed by atoms with E-state index in [1.54, 1.807) is 22.3 Å². The Bertz CT molecular complexity index is 1870. The third-order valence-electron chi connectivity index (χ3n) is 10.8. The molecule has 0 fully saturated rings. The molecule has 0 bridgehead atoms. The van der Waals surface area contributed by atoms with Gasteiger partial charge in [-0.3, -0.25) is 0 Å². The second-order valence-corrected chi connectivity index (χ2v) is 44.9. The van der Waals surface area contributed by atoms with Crippen LogP contribution in [0.1, 0.15) is 85.9 Å². The van der Waals surface area contributed by atoms with E-state index < -0.39 is 17.4 Å². The van der Waals surface area contributed by atoms with Crippen LogP contribution >= 0.6 is 24.8 Å². The van der Waals surface area contributed by atoms with Crippen LogP contribution in [0.5, 0.6) is 0 Å². The van der Waals surface area contributed by atoms with E-state index in [0.717, 1.165) is 19.3 Å². The van der Waals surface area contributed by atoms with Crippen molar-refractivity contribution in [3.8, 4) is 22.3 Å². The topological polar surface area (TPSA) is 0 Å². The summed E-state index contributed by atoms with van der Waals surface area (Å²) < 4.78 is 6.64. The van der Waals surface area contributed by atoms with Gasteiger partial charge in [-0.15, -0.1) is 24.8 Å². The first-order valence-corrected chi connectivity index (χ1v) is 30.1. The summed E-state index contributed by atoms with van der Waals surface area (Å²) in [7, 11) is 0. The Morgan fingerprint density at radius 1 is 0.556 bits per heavy atom. The summed E-state index contributed by atoms with van der Waals surface area (Å²) in [5.41, 5.74) is 20.7. The SMILES string of the molecule is CCC1=Cc2c(-c3ccc(CC)cc3)ccc(C)c2[CH]1[Zr]([CH3])([CH3])(=[SiH2])[CH]1C(C)=Cc2c(-c3ccc(CC)cc3)ccc(C)c21.Cl.Cl. The van der Waals surface area contributed by atoms with Crippen molar-refractivity contribution in [2.24, 2.45) is 0 Å². The largest absolute Gasteiger partial charge is 0.147 e.